The second-order valence-corrected chi connectivity index (χ2v) is 12.8. The van der Waals surface area contributed by atoms with E-state index in [2.05, 4.69) is 29.9 Å². The molecular weight excluding hydrogens is 634 g/mol. The van der Waals surface area contributed by atoms with Gasteiger partial charge in [0.05, 0.1) is 25.9 Å². The number of nitrogens with zero attached hydrogens (tertiary/aromatic N) is 8. The number of ether oxygens (including phenoxy) is 2. The van der Waals surface area contributed by atoms with Gasteiger partial charge in [0.25, 0.3) is 0 Å². The van der Waals surface area contributed by atoms with Crippen LogP contribution in [0.25, 0.3) is 22.3 Å². The lowest BCUT2D eigenvalue weighted by Gasteiger charge is -2.27. The number of phosphoric ester groups is 2. The van der Waals surface area contributed by atoms with Gasteiger partial charge in [0.15, 0.2) is 35.4 Å². The van der Waals surface area contributed by atoms with Crippen LogP contribution >= 0.6 is 15.6 Å². The van der Waals surface area contributed by atoms with Gasteiger partial charge >= 0.3 is 15.6 Å². The maximum atomic E-state index is 13.1. The molecule has 10 atom stereocenters. The predicted molar refractivity (Wildman–Crippen MR) is 141 cm³/mol. The molecule has 7 rings (SSSR count). The smallest absolute Gasteiger partial charge is 0.386 e. The summed E-state index contributed by atoms with van der Waals surface area (Å²) in [5.41, 5.74) is 12.4. The zero-order valence-electron chi connectivity index (χ0n) is 22.0. The lowest BCUT2D eigenvalue weighted by Crippen LogP contribution is -2.39. The van der Waals surface area contributed by atoms with Crippen molar-refractivity contribution >= 4 is 49.6 Å². The van der Waals surface area contributed by atoms with Crippen LogP contribution in [-0.4, -0.2) is 109 Å². The number of aliphatic hydroxyl groups is 2. The van der Waals surface area contributed by atoms with E-state index in [-0.39, 0.29) is 34.0 Å². The van der Waals surface area contributed by atoms with Crippen molar-refractivity contribution < 1.29 is 56.7 Å². The summed E-state index contributed by atoms with van der Waals surface area (Å²) in [7, 11) is -10.0. The Morgan fingerprint density at radius 1 is 0.705 bits per heavy atom. The third kappa shape index (κ3) is 5.04. The van der Waals surface area contributed by atoms with Crippen LogP contribution in [0.5, 0.6) is 0 Å². The summed E-state index contributed by atoms with van der Waals surface area (Å²) in [5, 5.41) is 22.2. The molecule has 3 fully saturated rings. The van der Waals surface area contributed by atoms with Crippen molar-refractivity contribution in [1.82, 2.24) is 39.0 Å². The molecule has 0 bridgehead atoms. The number of hydrogen-bond acceptors (Lipinski definition) is 18. The number of hydrogen-bond donors (Lipinski definition) is 6. The summed E-state index contributed by atoms with van der Waals surface area (Å²) in [4.78, 5) is 45.3. The molecule has 0 spiro atoms. The minimum absolute atomic E-state index is 0.0507. The average Bonchev–Trinajstić information content (AvgIpc) is 3.73. The first-order valence-electron chi connectivity index (χ1n) is 12.8. The molecular formula is C20H24N10O12P2. The van der Waals surface area contributed by atoms with Gasteiger partial charge < -0.3 is 40.9 Å². The molecule has 0 saturated carbocycles. The molecule has 7 heterocycles. The Hall–Kier alpha value is -3.24. The van der Waals surface area contributed by atoms with Crippen molar-refractivity contribution in [2.75, 3.05) is 24.7 Å². The number of nitrogens with two attached hydrogens (primary N) is 2. The molecule has 24 heteroatoms. The van der Waals surface area contributed by atoms with Gasteiger partial charge in [-0.15, -0.1) is 0 Å². The summed E-state index contributed by atoms with van der Waals surface area (Å²) in [6.45, 7) is -1.56. The Morgan fingerprint density at radius 3 is 1.52 bits per heavy atom. The minimum atomic E-state index is -5.00. The molecule has 22 nitrogen and oxygen atoms in total. The number of rotatable bonds is 2. The molecule has 0 radical (unpaired) electrons. The maximum Gasteiger partial charge on any atom is 0.472 e. The van der Waals surface area contributed by atoms with Crippen LogP contribution in [0.15, 0.2) is 25.3 Å². The van der Waals surface area contributed by atoms with Crippen LogP contribution < -0.4 is 11.5 Å². The van der Waals surface area contributed by atoms with Crippen molar-refractivity contribution in [3.63, 3.8) is 0 Å². The number of anilines is 2. The van der Waals surface area contributed by atoms with Gasteiger partial charge in [0.1, 0.15) is 60.3 Å². The van der Waals surface area contributed by atoms with Crippen LogP contribution in [0.4, 0.5) is 11.6 Å². The van der Waals surface area contributed by atoms with Crippen molar-refractivity contribution in [2.45, 2.75) is 49.1 Å². The SMILES string of the molecule is Nc1ncnc2c1ncn2[C@@H]1O[C@@H]2COP(=O)(O)OC3[C@@H](COP(=O)(O)OC2[C@@H]1O)O[C@@H](n1cnc2c(N)ncnc21)[C@H]3O. The molecule has 44 heavy (non-hydrogen) atoms. The Bertz CT molecular complexity index is 1690. The van der Waals surface area contributed by atoms with E-state index in [1.165, 1.54) is 21.8 Å². The van der Waals surface area contributed by atoms with E-state index < -0.39 is 77.9 Å². The summed E-state index contributed by atoms with van der Waals surface area (Å²) in [6, 6.07) is 0. The molecule has 4 aromatic heterocycles. The molecule has 0 amide bonds. The zero-order chi connectivity index (χ0) is 31.0. The first-order chi connectivity index (χ1) is 20.9. The molecule has 8 N–H and O–H groups in total. The summed E-state index contributed by atoms with van der Waals surface area (Å²) in [5.74, 6) is 0.101. The number of aliphatic hydroxyl groups excluding tert-OH is 2. The van der Waals surface area contributed by atoms with Crippen molar-refractivity contribution in [3.05, 3.63) is 25.3 Å². The fourth-order valence-corrected chi connectivity index (χ4v) is 7.17. The van der Waals surface area contributed by atoms with Crippen LogP contribution in [-0.2, 0) is 36.7 Å². The normalized spacial score (nSPS) is 38.3. The lowest BCUT2D eigenvalue weighted by molar-refractivity contribution is -0.0664. The second kappa shape index (κ2) is 10.7. The van der Waals surface area contributed by atoms with Gasteiger partial charge in [-0.2, -0.15) is 0 Å². The van der Waals surface area contributed by atoms with E-state index in [9.17, 15) is 29.1 Å². The highest BCUT2D eigenvalue weighted by Gasteiger charge is 2.54. The first kappa shape index (κ1) is 29.5. The molecule has 3 saturated heterocycles. The second-order valence-electron chi connectivity index (χ2n) is 9.95. The van der Waals surface area contributed by atoms with Crippen LogP contribution in [0.3, 0.4) is 0 Å². The highest BCUT2D eigenvalue weighted by Crippen LogP contribution is 2.53. The topological polar surface area (TPSA) is 310 Å². The standard InChI is InChI=1S/C20H24N10O12P2/c21-15-9-17(25-3-23-15)29(5-27-9)19-11(31)13-7(39-19)1-37-43(33,34)42-14-8(2-38-44(35,36)41-13)40-20(12(14)32)30-6-28-10-16(22)24-4-26-18(10)30/h3-8,11-14,19-20,31-32H,1-2H2,(H,33,34)(H,35,36)(H2,21,23,25)(H2,22,24,26)/t7-,8-,11+,12+,13?,14?,19-,20-/m1/s1. The first-order valence-corrected chi connectivity index (χ1v) is 15.8. The largest absolute Gasteiger partial charge is 0.472 e. The minimum Gasteiger partial charge on any atom is -0.386 e. The molecule has 0 aliphatic carbocycles. The number of fused-ring (bicyclic) bond motifs is 4. The predicted octanol–water partition coefficient (Wildman–Crippen LogP) is -1.63. The number of imidazole rings is 2. The molecule has 4 aromatic rings. The van der Waals surface area contributed by atoms with Crippen molar-refractivity contribution in [3.8, 4) is 0 Å². The van der Waals surface area contributed by atoms with E-state index >= 15 is 0 Å². The molecule has 3 aliphatic heterocycles. The Morgan fingerprint density at radius 2 is 1.11 bits per heavy atom. The molecule has 3 aliphatic rings. The highest BCUT2D eigenvalue weighted by atomic mass is 31.2. The Labute approximate surface area is 244 Å². The maximum absolute atomic E-state index is 13.1. The summed E-state index contributed by atoms with van der Waals surface area (Å²) >= 11 is 0. The van der Waals surface area contributed by atoms with Crippen molar-refractivity contribution in [2.24, 2.45) is 0 Å². The Balaban J connectivity index is 1.17. The van der Waals surface area contributed by atoms with Crippen LogP contribution in [0.1, 0.15) is 12.5 Å². The summed E-state index contributed by atoms with van der Waals surface area (Å²) < 4.78 is 61.2. The van der Waals surface area contributed by atoms with E-state index in [0.29, 0.717) is 0 Å². The summed E-state index contributed by atoms with van der Waals surface area (Å²) in [6.07, 6.45) is -7.30. The number of aromatic nitrogens is 8. The molecule has 236 valence electrons. The van der Waals surface area contributed by atoms with Gasteiger partial charge in [0.2, 0.25) is 0 Å². The zero-order valence-corrected chi connectivity index (χ0v) is 23.8. The van der Waals surface area contributed by atoms with E-state index in [1.807, 2.05) is 0 Å². The quantitative estimate of drug-likeness (QED) is 0.132. The third-order valence-corrected chi connectivity index (χ3v) is 9.23. The fraction of sp³-hybridized carbons (Fsp3) is 0.500. The fourth-order valence-electron chi connectivity index (χ4n) is 5.24. The monoisotopic (exact) mass is 658 g/mol. The number of phosphoric acid groups is 2. The van der Waals surface area contributed by atoms with E-state index in [0.717, 1.165) is 12.7 Å². The van der Waals surface area contributed by atoms with E-state index in [4.69, 9.17) is 39.0 Å². The average molecular weight is 658 g/mol. The van der Waals surface area contributed by atoms with Gasteiger partial charge in [-0.25, -0.2) is 39.0 Å². The third-order valence-electron chi connectivity index (χ3n) is 7.26. The van der Waals surface area contributed by atoms with Crippen LogP contribution in [0, 0.1) is 0 Å². The van der Waals surface area contributed by atoms with Gasteiger partial charge in [-0.3, -0.25) is 27.2 Å². The van der Waals surface area contributed by atoms with E-state index in [1.54, 1.807) is 0 Å². The van der Waals surface area contributed by atoms with Gasteiger partial charge in [0, 0.05) is 0 Å². The van der Waals surface area contributed by atoms with Crippen LogP contribution in [0.2, 0.25) is 0 Å². The molecule has 4 unspecified atom stereocenters. The number of nitrogen functional groups attached to an aromatic ring is 2. The Kier molecular flexibility index (Phi) is 7.16. The molecule has 0 aromatic carbocycles. The van der Waals surface area contributed by atoms with Gasteiger partial charge in [-0.05, 0) is 0 Å². The van der Waals surface area contributed by atoms with Gasteiger partial charge in [-0.1, -0.05) is 0 Å². The van der Waals surface area contributed by atoms with Crippen molar-refractivity contribution in [1.29, 1.82) is 0 Å². The lowest BCUT2D eigenvalue weighted by atomic mass is 10.1. The highest BCUT2D eigenvalue weighted by molar-refractivity contribution is 7.47.